The number of hydrogen-bond acceptors (Lipinski definition) is 4. The predicted octanol–water partition coefficient (Wildman–Crippen LogP) is 2.88. The Labute approximate surface area is 129 Å². The van der Waals surface area contributed by atoms with Crippen molar-refractivity contribution in [2.45, 2.75) is 25.8 Å². The Morgan fingerprint density at radius 2 is 2.27 bits per heavy atom. The highest BCUT2D eigenvalue weighted by Gasteiger charge is 2.24. The van der Waals surface area contributed by atoms with Gasteiger partial charge in [-0.15, -0.1) is 6.42 Å². The van der Waals surface area contributed by atoms with Gasteiger partial charge in [0.15, 0.2) is 11.5 Å². The fraction of sp³-hybridized carbons (Fsp3) is 0.294. The second kappa shape index (κ2) is 6.35. The second-order valence-corrected chi connectivity index (χ2v) is 5.09. The number of methoxy groups -OCH3 is 1. The van der Waals surface area contributed by atoms with E-state index in [-0.39, 0.29) is 11.6 Å². The van der Waals surface area contributed by atoms with E-state index >= 15 is 0 Å². The Bertz CT molecular complexity index is 715. The summed E-state index contributed by atoms with van der Waals surface area (Å²) in [5.74, 6) is 3.40. The number of ether oxygens (including phenoxy) is 1. The molecular weight excluding hydrogens is 280 g/mol. The van der Waals surface area contributed by atoms with Crippen LogP contribution in [0.2, 0.25) is 0 Å². The van der Waals surface area contributed by atoms with Crippen molar-refractivity contribution >= 4 is 5.91 Å². The highest BCUT2D eigenvalue weighted by Crippen LogP contribution is 2.24. The molecule has 0 saturated carbocycles. The summed E-state index contributed by atoms with van der Waals surface area (Å²) in [4.78, 5) is 12.2. The third-order valence-electron chi connectivity index (χ3n) is 3.51. The van der Waals surface area contributed by atoms with Crippen molar-refractivity contribution in [1.29, 1.82) is 0 Å². The molecule has 0 bridgehead atoms. The minimum absolute atomic E-state index is 0.188. The van der Waals surface area contributed by atoms with E-state index in [1.54, 1.807) is 26.2 Å². The number of carbonyl (C=O) groups excluding carboxylic acids is 1. The van der Waals surface area contributed by atoms with Crippen molar-refractivity contribution in [1.82, 2.24) is 10.5 Å². The Hall–Kier alpha value is -2.74. The molecule has 0 spiro atoms. The van der Waals surface area contributed by atoms with Gasteiger partial charge in [-0.25, -0.2) is 0 Å². The molecule has 2 aromatic rings. The number of amides is 1. The number of terminal acetylenes is 1. The number of aromatic nitrogens is 1. The second-order valence-electron chi connectivity index (χ2n) is 5.09. The van der Waals surface area contributed by atoms with Gasteiger partial charge in [-0.2, -0.15) is 0 Å². The Balaban J connectivity index is 2.21. The summed E-state index contributed by atoms with van der Waals surface area (Å²) in [5.41, 5.74) is 0.264. The fourth-order valence-corrected chi connectivity index (χ4v) is 1.84. The first-order valence-electron chi connectivity index (χ1n) is 6.92. The summed E-state index contributed by atoms with van der Waals surface area (Å²) in [6.45, 7) is 3.69. The molecule has 1 aromatic heterocycles. The van der Waals surface area contributed by atoms with Crippen LogP contribution in [0.3, 0.4) is 0 Å². The summed E-state index contributed by atoms with van der Waals surface area (Å²) >= 11 is 0. The number of nitrogens with one attached hydrogen (secondary N) is 1. The average molecular weight is 298 g/mol. The van der Waals surface area contributed by atoms with Gasteiger partial charge < -0.3 is 14.6 Å². The van der Waals surface area contributed by atoms with Crippen LogP contribution in [-0.2, 0) is 0 Å². The van der Waals surface area contributed by atoms with Crippen molar-refractivity contribution < 1.29 is 14.1 Å². The minimum atomic E-state index is -0.702. The topological polar surface area (TPSA) is 64.4 Å². The molecule has 0 saturated heterocycles. The SMILES string of the molecule is C#C[C@](C)(CC)NC(=O)c1cc(-c2cccc(OC)c2)on1. The molecule has 1 atom stereocenters. The minimum Gasteiger partial charge on any atom is -0.497 e. The van der Waals surface area contributed by atoms with Crippen LogP contribution >= 0.6 is 0 Å². The lowest BCUT2D eigenvalue weighted by Crippen LogP contribution is -2.44. The van der Waals surface area contributed by atoms with Gasteiger partial charge in [0, 0.05) is 11.6 Å². The van der Waals surface area contributed by atoms with Gasteiger partial charge in [0.1, 0.15) is 5.75 Å². The lowest BCUT2D eigenvalue weighted by Gasteiger charge is -2.22. The lowest BCUT2D eigenvalue weighted by molar-refractivity contribution is 0.0914. The van der Waals surface area contributed by atoms with Crippen LogP contribution in [0.1, 0.15) is 30.8 Å². The Kier molecular flexibility index (Phi) is 4.52. The Morgan fingerprint density at radius 1 is 1.50 bits per heavy atom. The van der Waals surface area contributed by atoms with E-state index in [2.05, 4.69) is 16.4 Å². The van der Waals surface area contributed by atoms with Crippen LogP contribution in [0.25, 0.3) is 11.3 Å². The van der Waals surface area contributed by atoms with Gasteiger partial charge in [-0.05, 0) is 25.5 Å². The van der Waals surface area contributed by atoms with E-state index in [0.717, 1.165) is 5.56 Å². The maximum absolute atomic E-state index is 12.2. The molecule has 5 heteroatoms. The largest absolute Gasteiger partial charge is 0.497 e. The lowest BCUT2D eigenvalue weighted by atomic mass is 10.00. The number of benzene rings is 1. The third kappa shape index (κ3) is 3.29. The van der Waals surface area contributed by atoms with Crippen LogP contribution in [0, 0.1) is 12.3 Å². The number of carbonyl (C=O) groups is 1. The molecule has 114 valence electrons. The zero-order valence-corrected chi connectivity index (χ0v) is 12.8. The van der Waals surface area contributed by atoms with Crippen molar-refractivity contribution in [3.05, 3.63) is 36.0 Å². The van der Waals surface area contributed by atoms with E-state index in [1.807, 2.05) is 25.1 Å². The van der Waals surface area contributed by atoms with E-state index < -0.39 is 5.54 Å². The first kappa shape index (κ1) is 15.6. The summed E-state index contributed by atoms with van der Waals surface area (Å²) in [7, 11) is 1.59. The first-order chi connectivity index (χ1) is 10.5. The summed E-state index contributed by atoms with van der Waals surface area (Å²) in [6.07, 6.45) is 6.07. The summed E-state index contributed by atoms with van der Waals surface area (Å²) in [5, 5.41) is 6.58. The number of nitrogens with zero attached hydrogens (tertiary/aromatic N) is 1. The van der Waals surface area contributed by atoms with E-state index in [9.17, 15) is 4.79 Å². The van der Waals surface area contributed by atoms with Crippen molar-refractivity contribution in [3.8, 4) is 29.4 Å². The molecule has 1 aromatic carbocycles. The van der Waals surface area contributed by atoms with Crippen LogP contribution in [-0.4, -0.2) is 23.7 Å². The normalized spacial score (nSPS) is 13.0. The van der Waals surface area contributed by atoms with Gasteiger partial charge in [0.25, 0.3) is 5.91 Å². The van der Waals surface area contributed by atoms with Crippen molar-refractivity contribution in [3.63, 3.8) is 0 Å². The highest BCUT2D eigenvalue weighted by molar-refractivity contribution is 5.93. The van der Waals surface area contributed by atoms with Crippen LogP contribution in [0.4, 0.5) is 0 Å². The van der Waals surface area contributed by atoms with Crippen LogP contribution in [0.5, 0.6) is 5.75 Å². The van der Waals surface area contributed by atoms with Crippen molar-refractivity contribution in [2.75, 3.05) is 7.11 Å². The monoisotopic (exact) mass is 298 g/mol. The zero-order chi connectivity index (χ0) is 16.2. The molecule has 22 heavy (non-hydrogen) atoms. The van der Waals surface area contributed by atoms with Gasteiger partial charge in [-0.1, -0.05) is 30.1 Å². The molecular formula is C17H18N2O3. The predicted molar refractivity (Wildman–Crippen MR) is 83.5 cm³/mol. The Morgan fingerprint density at radius 3 is 2.91 bits per heavy atom. The van der Waals surface area contributed by atoms with Gasteiger partial charge in [-0.3, -0.25) is 4.79 Å². The third-order valence-corrected chi connectivity index (χ3v) is 3.51. The number of hydrogen-bond donors (Lipinski definition) is 1. The molecule has 1 heterocycles. The smallest absolute Gasteiger partial charge is 0.274 e. The quantitative estimate of drug-likeness (QED) is 0.862. The van der Waals surface area contributed by atoms with E-state index in [1.165, 1.54) is 0 Å². The molecule has 0 radical (unpaired) electrons. The van der Waals surface area contributed by atoms with Gasteiger partial charge in [0.2, 0.25) is 0 Å². The summed E-state index contributed by atoms with van der Waals surface area (Å²) < 4.78 is 10.4. The van der Waals surface area contributed by atoms with Gasteiger partial charge in [0.05, 0.1) is 12.6 Å². The molecule has 0 aliphatic heterocycles. The molecule has 0 fully saturated rings. The molecule has 1 N–H and O–H groups in total. The standard InChI is InChI=1S/C17H18N2O3/c1-5-17(3,6-2)18-16(20)14-11-15(22-19-14)12-8-7-9-13(10-12)21-4/h1,7-11H,6H2,2-4H3,(H,18,20)/t17-/m1/s1. The zero-order valence-electron chi connectivity index (χ0n) is 12.8. The molecule has 1 amide bonds. The molecule has 2 rings (SSSR count). The molecule has 5 nitrogen and oxygen atoms in total. The molecule has 0 aliphatic carbocycles. The average Bonchev–Trinajstić information content (AvgIpc) is 3.05. The van der Waals surface area contributed by atoms with E-state index in [4.69, 9.17) is 15.7 Å². The maximum atomic E-state index is 12.2. The molecule has 0 aliphatic rings. The fourth-order valence-electron chi connectivity index (χ4n) is 1.84. The van der Waals surface area contributed by atoms with Crippen LogP contribution in [0.15, 0.2) is 34.9 Å². The van der Waals surface area contributed by atoms with Crippen molar-refractivity contribution in [2.24, 2.45) is 0 Å². The van der Waals surface area contributed by atoms with Crippen LogP contribution < -0.4 is 10.1 Å². The maximum Gasteiger partial charge on any atom is 0.274 e. The molecule has 0 unspecified atom stereocenters. The van der Waals surface area contributed by atoms with E-state index in [0.29, 0.717) is 17.9 Å². The first-order valence-corrected chi connectivity index (χ1v) is 6.92. The highest BCUT2D eigenvalue weighted by atomic mass is 16.5. The summed E-state index contributed by atoms with van der Waals surface area (Å²) in [6, 6.07) is 8.90. The number of rotatable bonds is 5. The van der Waals surface area contributed by atoms with Gasteiger partial charge >= 0.3 is 0 Å².